The van der Waals surface area contributed by atoms with E-state index in [4.69, 9.17) is 9.47 Å². The maximum absolute atomic E-state index is 12.4. The molecule has 0 fully saturated rings. The lowest BCUT2D eigenvalue weighted by atomic mass is 10.0. The van der Waals surface area contributed by atoms with Crippen LogP contribution in [0.15, 0.2) is 71.8 Å². The first-order valence-electron chi connectivity index (χ1n) is 9.28. The summed E-state index contributed by atoms with van der Waals surface area (Å²) in [6, 6.07) is 21.1. The molecule has 4 rings (SSSR count). The first-order chi connectivity index (χ1) is 14.7. The largest absolute Gasteiger partial charge is 0.493 e. The summed E-state index contributed by atoms with van der Waals surface area (Å²) in [5, 5.41) is 13.3. The van der Waals surface area contributed by atoms with Crippen molar-refractivity contribution < 1.29 is 14.3 Å². The Labute approximate surface area is 173 Å². The van der Waals surface area contributed by atoms with Crippen molar-refractivity contribution in [2.24, 2.45) is 5.10 Å². The molecule has 4 aromatic rings. The third kappa shape index (κ3) is 3.86. The predicted molar refractivity (Wildman–Crippen MR) is 116 cm³/mol. The molecule has 1 heterocycles. The highest BCUT2D eigenvalue weighted by atomic mass is 16.5. The molecule has 0 aliphatic carbocycles. The van der Waals surface area contributed by atoms with Gasteiger partial charge in [-0.25, -0.2) is 5.43 Å². The number of hydrogen-bond acceptors (Lipinski definition) is 5. The topological polar surface area (TPSA) is 88.6 Å². The third-order valence-corrected chi connectivity index (χ3v) is 4.68. The molecule has 2 N–H and O–H groups in total. The van der Waals surface area contributed by atoms with Crippen LogP contribution < -0.4 is 14.9 Å². The van der Waals surface area contributed by atoms with Crippen molar-refractivity contribution in [3.63, 3.8) is 0 Å². The monoisotopic (exact) mass is 400 g/mol. The van der Waals surface area contributed by atoms with Crippen LogP contribution in [0.5, 0.6) is 11.5 Å². The zero-order valence-electron chi connectivity index (χ0n) is 16.5. The molecule has 0 saturated heterocycles. The maximum atomic E-state index is 12.4. The molecule has 150 valence electrons. The number of fused-ring (bicyclic) bond motifs is 1. The van der Waals surface area contributed by atoms with E-state index >= 15 is 0 Å². The van der Waals surface area contributed by atoms with Gasteiger partial charge < -0.3 is 9.47 Å². The highest BCUT2D eigenvalue weighted by Crippen LogP contribution is 2.28. The lowest BCUT2D eigenvalue weighted by Gasteiger charge is -2.07. The minimum Gasteiger partial charge on any atom is -0.493 e. The van der Waals surface area contributed by atoms with Crippen molar-refractivity contribution in [3.8, 4) is 22.8 Å². The lowest BCUT2D eigenvalue weighted by Crippen LogP contribution is -2.18. The molecule has 7 nitrogen and oxygen atoms in total. The standard InChI is InChI=1S/C23H20N4O3/c1-29-21-11-10-15(12-22(21)30-2)14-24-27-23(28)20-13-19(25-26-20)18-9-5-7-16-6-3-4-8-17(16)18/h3-14H,1-2H3,(H,25,26)(H,27,28)/b24-14+. The molecule has 0 atom stereocenters. The predicted octanol–water partition coefficient (Wildman–Crippen LogP) is 4.01. The van der Waals surface area contributed by atoms with Crippen LogP contribution in [0.3, 0.4) is 0 Å². The minimum atomic E-state index is -0.384. The molecule has 0 unspecified atom stereocenters. The number of carbonyl (C=O) groups is 1. The molecule has 0 radical (unpaired) electrons. The van der Waals surface area contributed by atoms with Crippen molar-refractivity contribution in [3.05, 3.63) is 78.0 Å². The molecule has 30 heavy (non-hydrogen) atoms. The van der Waals surface area contributed by atoms with E-state index in [0.717, 1.165) is 21.9 Å². The number of benzene rings is 3. The molecule has 0 bridgehead atoms. The number of amides is 1. The van der Waals surface area contributed by atoms with Gasteiger partial charge in [-0.3, -0.25) is 9.89 Å². The summed E-state index contributed by atoms with van der Waals surface area (Å²) < 4.78 is 10.5. The average molecular weight is 400 g/mol. The number of carbonyl (C=O) groups excluding carboxylic acids is 1. The molecule has 0 spiro atoms. The second-order valence-electron chi connectivity index (χ2n) is 6.51. The molecule has 1 aromatic heterocycles. The number of nitrogens with zero attached hydrogens (tertiary/aromatic N) is 2. The highest BCUT2D eigenvalue weighted by Gasteiger charge is 2.12. The summed E-state index contributed by atoms with van der Waals surface area (Å²) in [6.07, 6.45) is 1.53. The van der Waals surface area contributed by atoms with E-state index in [1.54, 1.807) is 32.4 Å². The molecule has 7 heteroatoms. The normalized spacial score (nSPS) is 11.0. The van der Waals surface area contributed by atoms with Crippen LogP contribution in [0.2, 0.25) is 0 Å². The van der Waals surface area contributed by atoms with Crippen LogP contribution >= 0.6 is 0 Å². The van der Waals surface area contributed by atoms with Crippen LogP contribution in [0.25, 0.3) is 22.0 Å². The number of methoxy groups -OCH3 is 2. The molecular weight excluding hydrogens is 380 g/mol. The minimum absolute atomic E-state index is 0.322. The van der Waals surface area contributed by atoms with Gasteiger partial charge in [0.15, 0.2) is 11.5 Å². The Morgan fingerprint density at radius 3 is 2.63 bits per heavy atom. The number of aromatic amines is 1. The van der Waals surface area contributed by atoms with Crippen LogP contribution in [-0.2, 0) is 0 Å². The number of rotatable bonds is 6. The van der Waals surface area contributed by atoms with E-state index in [-0.39, 0.29) is 5.91 Å². The Kier molecular flexibility index (Phi) is 5.43. The fourth-order valence-electron chi connectivity index (χ4n) is 3.18. The van der Waals surface area contributed by atoms with Gasteiger partial charge in [-0.2, -0.15) is 10.2 Å². The van der Waals surface area contributed by atoms with Crippen LogP contribution in [0.4, 0.5) is 0 Å². The second-order valence-corrected chi connectivity index (χ2v) is 6.51. The summed E-state index contributed by atoms with van der Waals surface area (Å²) in [6.45, 7) is 0. The van der Waals surface area contributed by atoms with E-state index in [1.165, 1.54) is 6.21 Å². The average Bonchev–Trinajstić information content (AvgIpc) is 3.28. The Bertz CT molecular complexity index is 1220. The van der Waals surface area contributed by atoms with Gasteiger partial charge >= 0.3 is 0 Å². The summed E-state index contributed by atoms with van der Waals surface area (Å²) in [5.41, 5.74) is 5.23. The smallest absolute Gasteiger partial charge is 0.289 e. The van der Waals surface area contributed by atoms with Crippen LogP contribution in [0, 0.1) is 0 Å². The molecule has 0 saturated carbocycles. The first kappa shape index (κ1) is 19.2. The van der Waals surface area contributed by atoms with Crippen molar-refractivity contribution in [2.75, 3.05) is 14.2 Å². The Balaban J connectivity index is 1.49. The fraction of sp³-hybridized carbons (Fsp3) is 0.0870. The number of H-pyrrole nitrogens is 1. The number of hydrazone groups is 1. The lowest BCUT2D eigenvalue weighted by molar-refractivity contribution is 0.0950. The van der Waals surface area contributed by atoms with Crippen LogP contribution in [-0.4, -0.2) is 36.5 Å². The van der Waals surface area contributed by atoms with Gasteiger partial charge in [0.25, 0.3) is 5.91 Å². The Hall–Kier alpha value is -4.13. The number of nitrogens with one attached hydrogen (secondary N) is 2. The van der Waals surface area contributed by atoms with Gasteiger partial charge in [-0.15, -0.1) is 0 Å². The number of hydrogen-bond donors (Lipinski definition) is 2. The molecule has 0 aliphatic rings. The van der Waals surface area contributed by atoms with Crippen LogP contribution in [0.1, 0.15) is 16.1 Å². The summed E-state index contributed by atoms with van der Waals surface area (Å²) >= 11 is 0. The van der Waals surface area contributed by atoms with Gasteiger partial charge in [0, 0.05) is 5.56 Å². The Morgan fingerprint density at radius 2 is 1.80 bits per heavy atom. The number of ether oxygens (including phenoxy) is 2. The molecular formula is C23H20N4O3. The third-order valence-electron chi connectivity index (χ3n) is 4.68. The Morgan fingerprint density at radius 1 is 1.00 bits per heavy atom. The van der Waals surface area contributed by atoms with Crippen molar-refractivity contribution in [1.82, 2.24) is 15.6 Å². The zero-order valence-corrected chi connectivity index (χ0v) is 16.5. The molecule has 0 aliphatic heterocycles. The van der Waals surface area contributed by atoms with Gasteiger partial charge in [0.05, 0.1) is 26.1 Å². The van der Waals surface area contributed by atoms with Gasteiger partial charge in [0.1, 0.15) is 5.69 Å². The van der Waals surface area contributed by atoms with Crippen molar-refractivity contribution in [2.45, 2.75) is 0 Å². The van der Waals surface area contributed by atoms with Gasteiger partial charge in [0.2, 0.25) is 0 Å². The van der Waals surface area contributed by atoms with E-state index < -0.39 is 0 Å². The molecule has 3 aromatic carbocycles. The SMILES string of the molecule is COc1ccc(/C=N/NC(=O)c2cc(-c3cccc4ccccc34)n[nH]2)cc1OC. The fourth-order valence-corrected chi connectivity index (χ4v) is 3.18. The van der Waals surface area contributed by atoms with Crippen molar-refractivity contribution in [1.29, 1.82) is 0 Å². The summed E-state index contributed by atoms with van der Waals surface area (Å²) in [7, 11) is 3.13. The van der Waals surface area contributed by atoms with Crippen molar-refractivity contribution >= 4 is 22.9 Å². The van der Waals surface area contributed by atoms with E-state index in [1.807, 2.05) is 48.5 Å². The zero-order chi connectivity index (χ0) is 20.9. The van der Waals surface area contributed by atoms with E-state index in [2.05, 4.69) is 20.7 Å². The summed E-state index contributed by atoms with van der Waals surface area (Å²) in [4.78, 5) is 12.4. The van der Waals surface area contributed by atoms with E-state index in [9.17, 15) is 4.79 Å². The first-order valence-corrected chi connectivity index (χ1v) is 9.28. The second kappa shape index (κ2) is 8.48. The highest BCUT2D eigenvalue weighted by molar-refractivity contribution is 5.98. The summed E-state index contributed by atoms with van der Waals surface area (Å²) in [5.74, 6) is 0.823. The molecule has 1 amide bonds. The van der Waals surface area contributed by atoms with Gasteiger partial charge in [-0.1, -0.05) is 42.5 Å². The maximum Gasteiger partial charge on any atom is 0.289 e. The quantitative estimate of drug-likeness (QED) is 0.378. The number of aromatic nitrogens is 2. The van der Waals surface area contributed by atoms with Gasteiger partial charge in [-0.05, 0) is 40.6 Å². The van der Waals surface area contributed by atoms with E-state index in [0.29, 0.717) is 22.9 Å².